The van der Waals surface area contributed by atoms with Crippen LogP contribution in [0.5, 0.6) is 0 Å². The molecule has 0 bridgehead atoms. The Balaban J connectivity index is 2.94. The van der Waals surface area contributed by atoms with E-state index in [1.807, 2.05) is 20.8 Å². The lowest BCUT2D eigenvalue weighted by Gasteiger charge is -2.36. The first-order valence-corrected chi connectivity index (χ1v) is 8.83. The standard InChI is InChI=1S/C18H32O4/c1-5-18(4,17(20)22-7-3)15(16(19)21-6-2)13-14-11-9-8-10-12-14/h14-15H,5-13H2,1-4H3. The molecule has 22 heavy (non-hydrogen) atoms. The number of carbonyl (C=O) groups is 2. The van der Waals surface area contributed by atoms with E-state index in [-0.39, 0.29) is 11.9 Å². The Kier molecular flexibility index (Phi) is 7.91. The summed E-state index contributed by atoms with van der Waals surface area (Å²) in [5.74, 6) is -0.403. The van der Waals surface area contributed by atoms with Gasteiger partial charge in [-0.1, -0.05) is 39.0 Å². The van der Waals surface area contributed by atoms with Crippen LogP contribution in [0.15, 0.2) is 0 Å². The fourth-order valence-corrected chi connectivity index (χ4v) is 3.44. The van der Waals surface area contributed by atoms with E-state index in [4.69, 9.17) is 9.47 Å². The van der Waals surface area contributed by atoms with Crippen LogP contribution in [0, 0.1) is 17.3 Å². The Morgan fingerprint density at radius 3 is 2.14 bits per heavy atom. The Morgan fingerprint density at radius 1 is 1.05 bits per heavy atom. The summed E-state index contributed by atoms with van der Waals surface area (Å²) in [5, 5.41) is 0. The Morgan fingerprint density at radius 2 is 1.64 bits per heavy atom. The average Bonchev–Trinajstić information content (AvgIpc) is 2.53. The molecular weight excluding hydrogens is 280 g/mol. The molecule has 1 rings (SSSR count). The van der Waals surface area contributed by atoms with Gasteiger partial charge in [0.25, 0.3) is 0 Å². The van der Waals surface area contributed by atoms with Crippen molar-refractivity contribution in [3.63, 3.8) is 0 Å². The van der Waals surface area contributed by atoms with Crippen LogP contribution in [0.25, 0.3) is 0 Å². The van der Waals surface area contributed by atoms with E-state index in [1.165, 1.54) is 19.3 Å². The van der Waals surface area contributed by atoms with Crippen molar-refractivity contribution in [3.8, 4) is 0 Å². The minimum atomic E-state index is -0.792. The van der Waals surface area contributed by atoms with Crippen molar-refractivity contribution < 1.29 is 19.1 Å². The largest absolute Gasteiger partial charge is 0.466 e. The third-order valence-electron chi connectivity index (χ3n) is 5.11. The fraction of sp³-hybridized carbons (Fsp3) is 0.889. The van der Waals surface area contributed by atoms with Gasteiger partial charge < -0.3 is 9.47 Å². The molecule has 0 radical (unpaired) electrons. The summed E-state index contributed by atoms with van der Waals surface area (Å²) in [7, 11) is 0. The zero-order valence-electron chi connectivity index (χ0n) is 14.7. The van der Waals surface area contributed by atoms with E-state index in [0.29, 0.717) is 25.6 Å². The summed E-state index contributed by atoms with van der Waals surface area (Å²) in [6.07, 6.45) is 7.36. The molecule has 1 aliphatic rings. The molecule has 0 spiro atoms. The zero-order valence-corrected chi connectivity index (χ0v) is 14.7. The number of hydrogen-bond acceptors (Lipinski definition) is 4. The molecule has 1 aliphatic carbocycles. The predicted octanol–water partition coefficient (Wildman–Crippen LogP) is 4.12. The molecule has 2 unspecified atom stereocenters. The number of rotatable bonds is 8. The molecule has 0 heterocycles. The van der Waals surface area contributed by atoms with Crippen LogP contribution in [0.3, 0.4) is 0 Å². The molecule has 1 fully saturated rings. The maximum atomic E-state index is 12.5. The van der Waals surface area contributed by atoms with Crippen LogP contribution in [0.4, 0.5) is 0 Å². The third kappa shape index (κ3) is 4.72. The summed E-state index contributed by atoms with van der Waals surface area (Å²) in [6.45, 7) is 8.10. The van der Waals surface area contributed by atoms with Crippen LogP contribution in [0.2, 0.25) is 0 Å². The van der Waals surface area contributed by atoms with E-state index in [9.17, 15) is 9.59 Å². The van der Waals surface area contributed by atoms with Gasteiger partial charge in [-0.15, -0.1) is 0 Å². The summed E-state index contributed by atoms with van der Waals surface area (Å²) in [5.41, 5.74) is -0.792. The second kappa shape index (κ2) is 9.16. The minimum Gasteiger partial charge on any atom is -0.466 e. The highest BCUT2D eigenvalue weighted by Gasteiger charge is 2.46. The fourth-order valence-electron chi connectivity index (χ4n) is 3.44. The maximum Gasteiger partial charge on any atom is 0.312 e. The first kappa shape index (κ1) is 19.0. The van der Waals surface area contributed by atoms with E-state index < -0.39 is 11.3 Å². The van der Waals surface area contributed by atoms with Gasteiger partial charge in [-0.05, 0) is 39.5 Å². The minimum absolute atomic E-state index is 0.245. The second-order valence-corrected chi connectivity index (χ2v) is 6.54. The van der Waals surface area contributed by atoms with E-state index >= 15 is 0 Å². The van der Waals surface area contributed by atoms with Gasteiger partial charge in [-0.3, -0.25) is 9.59 Å². The van der Waals surface area contributed by atoms with Gasteiger partial charge >= 0.3 is 11.9 Å². The number of ether oxygens (including phenoxy) is 2. The predicted molar refractivity (Wildman–Crippen MR) is 86.3 cm³/mol. The van der Waals surface area contributed by atoms with Crippen molar-refractivity contribution in [2.75, 3.05) is 13.2 Å². The molecule has 128 valence electrons. The topological polar surface area (TPSA) is 52.6 Å². The quantitative estimate of drug-likeness (QED) is 0.633. The smallest absolute Gasteiger partial charge is 0.312 e. The molecule has 0 N–H and O–H groups in total. The van der Waals surface area contributed by atoms with Gasteiger partial charge in [0.15, 0.2) is 0 Å². The lowest BCUT2D eigenvalue weighted by molar-refractivity contribution is -0.169. The van der Waals surface area contributed by atoms with Crippen molar-refractivity contribution in [1.82, 2.24) is 0 Å². The van der Waals surface area contributed by atoms with E-state index in [1.54, 1.807) is 6.92 Å². The first-order valence-electron chi connectivity index (χ1n) is 8.83. The third-order valence-corrected chi connectivity index (χ3v) is 5.11. The van der Waals surface area contributed by atoms with Crippen LogP contribution in [-0.4, -0.2) is 25.2 Å². The van der Waals surface area contributed by atoms with Crippen LogP contribution < -0.4 is 0 Å². The molecule has 4 heteroatoms. The lowest BCUT2D eigenvalue weighted by atomic mass is 9.69. The van der Waals surface area contributed by atoms with Gasteiger partial charge in [0, 0.05) is 0 Å². The summed E-state index contributed by atoms with van der Waals surface area (Å²) < 4.78 is 10.5. The molecule has 0 amide bonds. The van der Waals surface area contributed by atoms with Crippen LogP contribution in [-0.2, 0) is 19.1 Å². The Bertz CT molecular complexity index is 360. The van der Waals surface area contributed by atoms with Gasteiger partial charge in [0.05, 0.1) is 24.5 Å². The van der Waals surface area contributed by atoms with Crippen molar-refractivity contribution in [3.05, 3.63) is 0 Å². The molecular formula is C18H32O4. The van der Waals surface area contributed by atoms with Gasteiger partial charge in [0.1, 0.15) is 0 Å². The molecule has 0 aliphatic heterocycles. The highest BCUT2D eigenvalue weighted by Crippen LogP contribution is 2.40. The molecule has 0 aromatic rings. The summed E-state index contributed by atoms with van der Waals surface area (Å²) in [6, 6.07) is 0. The van der Waals surface area contributed by atoms with Crippen LogP contribution >= 0.6 is 0 Å². The highest BCUT2D eigenvalue weighted by molar-refractivity contribution is 5.85. The number of hydrogen-bond donors (Lipinski definition) is 0. The normalized spacial score (nSPS) is 20.0. The van der Waals surface area contributed by atoms with Gasteiger partial charge in [0.2, 0.25) is 0 Å². The van der Waals surface area contributed by atoms with Crippen LogP contribution in [0.1, 0.15) is 72.6 Å². The van der Waals surface area contributed by atoms with Crippen molar-refractivity contribution in [2.24, 2.45) is 17.3 Å². The molecule has 2 atom stereocenters. The Labute approximate surface area is 134 Å². The monoisotopic (exact) mass is 312 g/mol. The van der Waals surface area contributed by atoms with Gasteiger partial charge in [-0.2, -0.15) is 0 Å². The van der Waals surface area contributed by atoms with Crippen molar-refractivity contribution in [2.45, 2.75) is 72.6 Å². The molecule has 4 nitrogen and oxygen atoms in total. The van der Waals surface area contributed by atoms with Gasteiger partial charge in [-0.25, -0.2) is 0 Å². The first-order chi connectivity index (χ1) is 10.5. The average molecular weight is 312 g/mol. The number of esters is 2. The second-order valence-electron chi connectivity index (χ2n) is 6.54. The molecule has 0 aromatic heterocycles. The van der Waals surface area contributed by atoms with E-state index in [2.05, 4.69) is 0 Å². The number of carbonyl (C=O) groups excluding carboxylic acids is 2. The maximum absolute atomic E-state index is 12.5. The van der Waals surface area contributed by atoms with E-state index in [0.717, 1.165) is 19.3 Å². The summed E-state index contributed by atoms with van der Waals surface area (Å²) >= 11 is 0. The molecule has 0 saturated heterocycles. The molecule has 1 saturated carbocycles. The lowest BCUT2D eigenvalue weighted by Crippen LogP contribution is -2.43. The van der Waals surface area contributed by atoms with Crippen molar-refractivity contribution in [1.29, 1.82) is 0 Å². The van der Waals surface area contributed by atoms with Crippen molar-refractivity contribution >= 4 is 11.9 Å². The summed E-state index contributed by atoms with van der Waals surface area (Å²) in [4.78, 5) is 25.0. The SMILES string of the molecule is CCOC(=O)C(CC1CCCCC1)C(C)(CC)C(=O)OCC. The molecule has 0 aromatic carbocycles. The highest BCUT2D eigenvalue weighted by atomic mass is 16.5. The zero-order chi connectivity index (χ0) is 16.6. The Hall–Kier alpha value is -1.06.